The van der Waals surface area contributed by atoms with E-state index in [2.05, 4.69) is 16.8 Å². The highest BCUT2D eigenvalue weighted by Gasteiger charge is 2.13. The number of hydrogen-bond acceptors (Lipinski definition) is 4. The van der Waals surface area contributed by atoms with Gasteiger partial charge in [0, 0.05) is 17.3 Å². The van der Waals surface area contributed by atoms with Crippen LogP contribution in [0.3, 0.4) is 0 Å². The van der Waals surface area contributed by atoms with Gasteiger partial charge in [-0.2, -0.15) is 0 Å². The molecule has 134 valence electrons. The van der Waals surface area contributed by atoms with E-state index in [1.807, 2.05) is 10.6 Å². The Balaban J connectivity index is 1.70. The molecule has 26 heavy (non-hydrogen) atoms. The van der Waals surface area contributed by atoms with Crippen LogP contribution in [0.25, 0.3) is 0 Å². The zero-order valence-corrected chi connectivity index (χ0v) is 15.5. The molecule has 2 aromatic carbocycles. The minimum absolute atomic E-state index is 0.221. The molecule has 7 heteroatoms. The molecule has 0 radical (unpaired) electrons. The van der Waals surface area contributed by atoms with Gasteiger partial charge in [0.25, 0.3) is 0 Å². The molecule has 0 unspecified atom stereocenters. The molecular weight excluding hydrogens is 373 g/mol. The Morgan fingerprint density at radius 3 is 2.65 bits per heavy atom. The number of rotatable bonds is 8. The van der Waals surface area contributed by atoms with Gasteiger partial charge in [0.2, 0.25) is 0 Å². The largest absolute Gasteiger partial charge is 0.486 e. The molecular formula is C19H17ClFN3OS. The highest BCUT2D eigenvalue weighted by atomic mass is 35.5. The summed E-state index contributed by atoms with van der Waals surface area (Å²) in [6, 6.07) is 13.8. The van der Waals surface area contributed by atoms with E-state index in [9.17, 15) is 4.39 Å². The van der Waals surface area contributed by atoms with Crippen molar-refractivity contribution < 1.29 is 9.13 Å². The van der Waals surface area contributed by atoms with Crippen molar-refractivity contribution in [2.24, 2.45) is 0 Å². The molecule has 0 aliphatic rings. The van der Waals surface area contributed by atoms with Gasteiger partial charge in [0.1, 0.15) is 18.2 Å². The number of ether oxygens (including phenoxy) is 1. The summed E-state index contributed by atoms with van der Waals surface area (Å²) in [6.07, 6.45) is 1.77. The second-order valence-electron chi connectivity index (χ2n) is 5.42. The zero-order valence-electron chi connectivity index (χ0n) is 13.9. The van der Waals surface area contributed by atoms with Crippen molar-refractivity contribution in [2.45, 2.75) is 24.1 Å². The normalized spacial score (nSPS) is 10.7. The first-order valence-corrected chi connectivity index (χ1v) is 9.31. The first-order valence-electron chi connectivity index (χ1n) is 7.95. The van der Waals surface area contributed by atoms with Crippen LogP contribution in [-0.2, 0) is 18.9 Å². The van der Waals surface area contributed by atoms with Gasteiger partial charge in [0.15, 0.2) is 11.0 Å². The summed E-state index contributed by atoms with van der Waals surface area (Å²) in [7, 11) is 0. The summed E-state index contributed by atoms with van der Waals surface area (Å²) < 4.78 is 21.4. The van der Waals surface area contributed by atoms with E-state index in [0.29, 0.717) is 39.6 Å². The first-order chi connectivity index (χ1) is 12.7. The number of nitrogens with zero attached hydrogens (tertiary/aromatic N) is 3. The molecule has 0 bridgehead atoms. The Morgan fingerprint density at radius 1 is 1.15 bits per heavy atom. The van der Waals surface area contributed by atoms with Crippen LogP contribution in [0, 0.1) is 5.82 Å². The third-order valence-corrected chi connectivity index (χ3v) is 4.87. The number of benzene rings is 2. The third kappa shape index (κ3) is 4.65. The number of allylic oxidation sites excluding steroid dienone is 1. The van der Waals surface area contributed by atoms with Crippen LogP contribution < -0.4 is 4.74 Å². The molecule has 0 saturated heterocycles. The fourth-order valence-corrected chi connectivity index (χ4v) is 3.36. The summed E-state index contributed by atoms with van der Waals surface area (Å²) in [4.78, 5) is 0. The van der Waals surface area contributed by atoms with Crippen molar-refractivity contribution in [1.82, 2.24) is 14.8 Å². The van der Waals surface area contributed by atoms with E-state index < -0.39 is 0 Å². The minimum Gasteiger partial charge on any atom is -0.486 e. The maximum absolute atomic E-state index is 13.8. The van der Waals surface area contributed by atoms with Crippen molar-refractivity contribution in [3.63, 3.8) is 0 Å². The number of halogens is 2. The Bertz CT molecular complexity index is 883. The monoisotopic (exact) mass is 389 g/mol. The molecule has 0 saturated carbocycles. The lowest BCUT2D eigenvalue weighted by Crippen LogP contribution is -2.07. The molecule has 0 N–H and O–H groups in total. The maximum Gasteiger partial charge on any atom is 0.191 e. The second-order valence-corrected chi connectivity index (χ2v) is 6.80. The van der Waals surface area contributed by atoms with Gasteiger partial charge < -0.3 is 4.74 Å². The van der Waals surface area contributed by atoms with Crippen LogP contribution in [0.2, 0.25) is 5.02 Å². The number of thioether (sulfide) groups is 1. The van der Waals surface area contributed by atoms with E-state index in [1.165, 1.54) is 17.8 Å². The highest BCUT2D eigenvalue weighted by molar-refractivity contribution is 7.98. The van der Waals surface area contributed by atoms with Crippen LogP contribution >= 0.6 is 23.4 Å². The lowest BCUT2D eigenvalue weighted by molar-refractivity contribution is 0.289. The van der Waals surface area contributed by atoms with E-state index in [-0.39, 0.29) is 12.4 Å². The van der Waals surface area contributed by atoms with Gasteiger partial charge in [-0.25, -0.2) is 4.39 Å². The highest BCUT2D eigenvalue weighted by Crippen LogP contribution is 2.24. The van der Waals surface area contributed by atoms with E-state index in [1.54, 1.807) is 42.5 Å². The summed E-state index contributed by atoms with van der Waals surface area (Å²) >= 11 is 7.30. The zero-order chi connectivity index (χ0) is 18.4. The SMILES string of the molecule is C=CCn1c(COc2ccc(Cl)cc2)nnc1SCc1ccccc1F. The number of aromatic nitrogens is 3. The predicted molar refractivity (Wildman–Crippen MR) is 102 cm³/mol. The van der Waals surface area contributed by atoms with Crippen molar-refractivity contribution in [3.8, 4) is 5.75 Å². The molecule has 1 heterocycles. The maximum atomic E-state index is 13.8. The van der Waals surface area contributed by atoms with Crippen LogP contribution in [0.1, 0.15) is 11.4 Å². The third-order valence-electron chi connectivity index (χ3n) is 3.60. The molecule has 0 atom stereocenters. The molecule has 4 nitrogen and oxygen atoms in total. The van der Waals surface area contributed by atoms with E-state index in [0.717, 1.165) is 0 Å². The van der Waals surface area contributed by atoms with Crippen molar-refractivity contribution in [3.05, 3.63) is 83.4 Å². The molecule has 3 rings (SSSR count). The molecule has 0 fully saturated rings. The Labute approximate surface area is 160 Å². The van der Waals surface area contributed by atoms with Gasteiger partial charge >= 0.3 is 0 Å². The fourth-order valence-electron chi connectivity index (χ4n) is 2.28. The van der Waals surface area contributed by atoms with E-state index >= 15 is 0 Å². The van der Waals surface area contributed by atoms with E-state index in [4.69, 9.17) is 16.3 Å². The molecule has 0 aliphatic carbocycles. The summed E-state index contributed by atoms with van der Waals surface area (Å²) in [6.45, 7) is 4.59. The van der Waals surface area contributed by atoms with Gasteiger partial charge in [-0.3, -0.25) is 4.57 Å². The smallest absolute Gasteiger partial charge is 0.191 e. The Kier molecular flexibility index (Phi) is 6.30. The summed E-state index contributed by atoms with van der Waals surface area (Å²) in [5.41, 5.74) is 0.629. The van der Waals surface area contributed by atoms with Crippen LogP contribution in [-0.4, -0.2) is 14.8 Å². The fraction of sp³-hybridized carbons (Fsp3) is 0.158. The standard InChI is InChI=1S/C19H17ClFN3OS/c1-2-11-24-18(12-25-16-9-7-15(20)8-10-16)22-23-19(24)26-13-14-5-3-4-6-17(14)21/h2-10H,1,11-13H2. The Morgan fingerprint density at radius 2 is 1.92 bits per heavy atom. The predicted octanol–water partition coefficient (Wildman–Crippen LogP) is 5.13. The van der Waals surface area contributed by atoms with Crippen LogP contribution in [0.5, 0.6) is 5.75 Å². The van der Waals surface area contributed by atoms with Gasteiger partial charge in [-0.05, 0) is 35.9 Å². The van der Waals surface area contributed by atoms with Gasteiger partial charge in [-0.15, -0.1) is 16.8 Å². The molecule has 1 aromatic heterocycles. The van der Waals surface area contributed by atoms with Crippen molar-refractivity contribution in [1.29, 1.82) is 0 Å². The second kappa shape index (κ2) is 8.87. The summed E-state index contributed by atoms with van der Waals surface area (Å²) in [5.74, 6) is 1.63. The average molecular weight is 390 g/mol. The van der Waals surface area contributed by atoms with Crippen molar-refractivity contribution in [2.75, 3.05) is 0 Å². The minimum atomic E-state index is -0.221. The topological polar surface area (TPSA) is 39.9 Å². The molecule has 0 spiro atoms. The quantitative estimate of drug-likeness (QED) is 0.395. The molecule has 0 amide bonds. The number of hydrogen-bond donors (Lipinski definition) is 0. The van der Waals surface area contributed by atoms with Gasteiger partial charge in [-0.1, -0.05) is 47.6 Å². The molecule has 0 aliphatic heterocycles. The van der Waals surface area contributed by atoms with Gasteiger partial charge in [0.05, 0.1) is 0 Å². The average Bonchev–Trinajstić information content (AvgIpc) is 3.03. The lowest BCUT2D eigenvalue weighted by Gasteiger charge is -2.09. The summed E-state index contributed by atoms with van der Waals surface area (Å²) in [5, 5.41) is 9.76. The van der Waals surface area contributed by atoms with Crippen LogP contribution in [0.4, 0.5) is 4.39 Å². The molecule has 3 aromatic rings. The lowest BCUT2D eigenvalue weighted by atomic mass is 10.2. The Hall–Kier alpha value is -2.31. The first kappa shape index (κ1) is 18.5. The van der Waals surface area contributed by atoms with Crippen LogP contribution in [0.15, 0.2) is 66.3 Å². The van der Waals surface area contributed by atoms with Crippen molar-refractivity contribution >= 4 is 23.4 Å².